The van der Waals surface area contributed by atoms with Crippen LogP contribution in [0.15, 0.2) is 30.3 Å². The van der Waals surface area contributed by atoms with E-state index in [0.29, 0.717) is 23.3 Å². The molecule has 3 aliphatic rings. The van der Waals surface area contributed by atoms with Crippen LogP contribution in [0.2, 0.25) is 10.0 Å². The highest BCUT2D eigenvalue weighted by Gasteiger charge is 2.30. The van der Waals surface area contributed by atoms with E-state index in [4.69, 9.17) is 37.7 Å². The van der Waals surface area contributed by atoms with Crippen molar-refractivity contribution < 1.29 is 14.3 Å². The summed E-state index contributed by atoms with van der Waals surface area (Å²) in [6, 6.07) is 10.1. The maximum atomic E-state index is 12.8. The fraction of sp³-hybridized carbons (Fsp3) is 0.440. The second-order valence-electron chi connectivity index (χ2n) is 9.22. The van der Waals surface area contributed by atoms with Gasteiger partial charge in [-0.05, 0) is 55.2 Å². The Morgan fingerprint density at radius 1 is 1.06 bits per heavy atom. The number of hydrogen-bond acceptors (Lipinski definition) is 5. The fourth-order valence-electron chi connectivity index (χ4n) is 5.15. The first kappa shape index (κ1) is 22.0. The van der Waals surface area contributed by atoms with Crippen LogP contribution in [-0.4, -0.2) is 54.4 Å². The van der Waals surface area contributed by atoms with Gasteiger partial charge in [-0.15, -0.1) is 0 Å². The molecule has 9 heteroatoms. The average molecular weight is 501 g/mol. The minimum absolute atomic E-state index is 0.00992. The van der Waals surface area contributed by atoms with E-state index in [1.54, 1.807) is 0 Å². The predicted molar refractivity (Wildman–Crippen MR) is 133 cm³/mol. The van der Waals surface area contributed by atoms with Gasteiger partial charge in [0.25, 0.3) is 0 Å². The molecule has 6 rings (SSSR count). The zero-order valence-corrected chi connectivity index (χ0v) is 20.2. The maximum absolute atomic E-state index is 12.8. The molecule has 3 aromatic rings. The van der Waals surface area contributed by atoms with Gasteiger partial charge in [0.05, 0.1) is 40.3 Å². The lowest BCUT2D eigenvalue weighted by Crippen LogP contribution is -2.44. The molecule has 1 N–H and O–H groups in total. The second kappa shape index (κ2) is 8.95. The van der Waals surface area contributed by atoms with Crippen molar-refractivity contribution in [3.63, 3.8) is 0 Å². The van der Waals surface area contributed by atoms with Crippen molar-refractivity contribution in [3.05, 3.63) is 45.9 Å². The van der Waals surface area contributed by atoms with E-state index in [-0.39, 0.29) is 17.9 Å². The number of anilines is 1. The lowest BCUT2D eigenvalue weighted by Gasteiger charge is -2.33. The molecule has 1 amide bonds. The van der Waals surface area contributed by atoms with Gasteiger partial charge in [-0.3, -0.25) is 9.36 Å². The summed E-state index contributed by atoms with van der Waals surface area (Å²) < 4.78 is 13.2. The molecule has 0 bridgehead atoms. The van der Waals surface area contributed by atoms with E-state index in [1.165, 1.54) is 5.56 Å². The summed E-state index contributed by atoms with van der Waals surface area (Å²) in [5.74, 6) is 1.93. The quantitative estimate of drug-likeness (QED) is 0.575. The summed E-state index contributed by atoms with van der Waals surface area (Å²) in [6.45, 7) is 3.55. The van der Waals surface area contributed by atoms with Gasteiger partial charge in [-0.2, -0.15) is 0 Å². The maximum Gasteiger partial charge on any atom is 0.223 e. The Morgan fingerprint density at radius 2 is 1.88 bits per heavy atom. The number of amides is 1. The van der Waals surface area contributed by atoms with Crippen LogP contribution < -0.4 is 15.0 Å². The lowest BCUT2D eigenvalue weighted by molar-refractivity contribution is -0.126. The first-order valence-electron chi connectivity index (χ1n) is 11.8. The highest BCUT2D eigenvalue weighted by Crippen LogP contribution is 2.36. The Balaban J connectivity index is 1.30. The van der Waals surface area contributed by atoms with Crippen LogP contribution in [0.5, 0.6) is 5.75 Å². The van der Waals surface area contributed by atoms with Crippen LogP contribution in [0.3, 0.4) is 0 Å². The lowest BCUT2D eigenvalue weighted by atomic mass is 9.95. The Hall–Kier alpha value is -2.48. The standard InChI is InChI=1S/C25H26Cl2N4O3/c26-19-12-21-22(13-20(19)27)31(18-1-2-23-16(11-18)5-10-34-23)25(29-21)30-7-3-15(4-8-30)24(32)28-17-6-9-33-14-17/h1-2,11-13,15,17H,3-10,14H2,(H,28,32)/t17-/m1/s1. The van der Waals surface area contributed by atoms with Crippen LogP contribution in [-0.2, 0) is 16.0 Å². The van der Waals surface area contributed by atoms with Gasteiger partial charge in [-0.25, -0.2) is 4.98 Å². The topological polar surface area (TPSA) is 68.6 Å². The number of ether oxygens (including phenoxy) is 2. The van der Waals surface area contributed by atoms with E-state index in [2.05, 4.69) is 26.9 Å². The van der Waals surface area contributed by atoms with Crippen molar-refractivity contribution in [2.24, 2.45) is 5.92 Å². The third-order valence-corrected chi connectivity index (χ3v) is 7.76. The van der Waals surface area contributed by atoms with Crippen molar-refractivity contribution in [3.8, 4) is 11.4 Å². The minimum Gasteiger partial charge on any atom is -0.493 e. The van der Waals surface area contributed by atoms with Gasteiger partial charge in [0.2, 0.25) is 11.9 Å². The molecule has 0 saturated carbocycles. The Morgan fingerprint density at radius 3 is 2.68 bits per heavy atom. The summed E-state index contributed by atoms with van der Waals surface area (Å²) >= 11 is 12.7. The molecule has 34 heavy (non-hydrogen) atoms. The van der Waals surface area contributed by atoms with Crippen LogP contribution in [0.1, 0.15) is 24.8 Å². The Kier molecular flexibility index (Phi) is 5.79. The number of rotatable bonds is 4. The van der Waals surface area contributed by atoms with Gasteiger partial charge < -0.3 is 19.7 Å². The summed E-state index contributed by atoms with van der Waals surface area (Å²) in [5, 5.41) is 4.14. The summed E-state index contributed by atoms with van der Waals surface area (Å²) in [5.41, 5.74) is 3.91. The Labute approximate surface area is 207 Å². The second-order valence-corrected chi connectivity index (χ2v) is 10.0. The van der Waals surface area contributed by atoms with E-state index >= 15 is 0 Å². The number of benzene rings is 2. The molecule has 0 radical (unpaired) electrons. The number of carbonyl (C=O) groups is 1. The number of aromatic nitrogens is 2. The number of piperidine rings is 1. The van der Waals surface area contributed by atoms with E-state index in [9.17, 15) is 4.79 Å². The summed E-state index contributed by atoms with van der Waals surface area (Å²) in [7, 11) is 0. The van der Waals surface area contributed by atoms with Crippen molar-refractivity contribution >= 4 is 46.1 Å². The monoisotopic (exact) mass is 500 g/mol. The largest absolute Gasteiger partial charge is 0.493 e. The minimum atomic E-state index is 0.00992. The van der Waals surface area contributed by atoms with Gasteiger partial charge in [0.1, 0.15) is 5.75 Å². The average Bonchev–Trinajstić information content (AvgIpc) is 3.59. The normalized spacial score (nSPS) is 20.5. The van der Waals surface area contributed by atoms with E-state index in [0.717, 1.165) is 73.8 Å². The van der Waals surface area contributed by atoms with Gasteiger partial charge in [0.15, 0.2) is 0 Å². The van der Waals surface area contributed by atoms with Crippen LogP contribution in [0.4, 0.5) is 5.95 Å². The van der Waals surface area contributed by atoms with Gasteiger partial charge in [0, 0.05) is 37.7 Å². The molecule has 0 aliphatic carbocycles. The SMILES string of the molecule is O=C(N[C@@H]1CCOC1)C1CCN(c2nc3cc(Cl)c(Cl)cc3n2-c2ccc3c(c2)CCO3)CC1. The van der Waals surface area contributed by atoms with Crippen molar-refractivity contribution in [2.75, 3.05) is 37.8 Å². The predicted octanol–water partition coefficient (Wildman–Crippen LogP) is 4.39. The molecule has 1 aromatic heterocycles. The molecule has 4 heterocycles. The van der Waals surface area contributed by atoms with Crippen molar-refractivity contribution in [1.29, 1.82) is 0 Å². The summed E-state index contributed by atoms with van der Waals surface area (Å²) in [4.78, 5) is 20.0. The van der Waals surface area contributed by atoms with E-state index in [1.807, 2.05) is 18.2 Å². The number of hydrogen-bond donors (Lipinski definition) is 1. The first-order chi connectivity index (χ1) is 16.6. The fourth-order valence-corrected chi connectivity index (χ4v) is 5.46. The molecule has 3 aliphatic heterocycles. The van der Waals surface area contributed by atoms with Gasteiger partial charge >= 0.3 is 0 Å². The number of halogens is 2. The highest BCUT2D eigenvalue weighted by molar-refractivity contribution is 6.42. The molecule has 2 fully saturated rings. The Bertz CT molecular complexity index is 1250. The number of nitrogens with zero attached hydrogens (tertiary/aromatic N) is 3. The molecule has 2 saturated heterocycles. The van der Waals surface area contributed by atoms with Crippen LogP contribution in [0, 0.1) is 5.92 Å². The molecule has 7 nitrogen and oxygen atoms in total. The third-order valence-electron chi connectivity index (χ3n) is 7.03. The highest BCUT2D eigenvalue weighted by atomic mass is 35.5. The molecule has 0 spiro atoms. The van der Waals surface area contributed by atoms with Crippen LogP contribution >= 0.6 is 23.2 Å². The van der Waals surface area contributed by atoms with Crippen LogP contribution in [0.25, 0.3) is 16.7 Å². The number of fused-ring (bicyclic) bond motifs is 2. The molecule has 178 valence electrons. The third kappa shape index (κ3) is 4.00. The molecule has 1 atom stereocenters. The zero-order valence-electron chi connectivity index (χ0n) is 18.7. The van der Waals surface area contributed by atoms with E-state index < -0.39 is 0 Å². The smallest absolute Gasteiger partial charge is 0.223 e. The number of imidazole rings is 1. The van der Waals surface area contributed by atoms with Gasteiger partial charge in [-0.1, -0.05) is 23.2 Å². The first-order valence-corrected chi connectivity index (χ1v) is 12.6. The molecule has 0 unspecified atom stereocenters. The van der Waals surface area contributed by atoms with Crippen molar-refractivity contribution in [1.82, 2.24) is 14.9 Å². The zero-order chi connectivity index (χ0) is 23.2. The molecular formula is C25H26Cl2N4O3. The summed E-state index contributed by atoms with van der Waals surface area (Å²) in [6.07, 6.45) is 3.35. The van der Waals surface area contributed by atoms with Crippen molar-refractivity contribution in [2.45, 2.75) is 31.7 Å². The molecule has 2 aromatic carbocycles. The molecular weight excluding hydrogens is 475 g/mol. The number of carbonyl (C=O) groups excluding carboxylic acids is 1. The number of nitrogens with one attached hydrogen (secondary N) is 1.